The molecule has 1 aromatic carbocycles. The Morgan fingerprint density at radius 3 is 2.06 bits per heavy atom. The van der Waals surface area contributed by atoms with E-state index in [1.54, 1.807) is 0 Å². The summed E-state index contributed by atoms with van der Waals surface area (Å²) in [6.07, 6.45) is -0.481. The van der Waals surface area contributed by atoms with Crippen LogP contribution in [0.2, 0.25) is 0 Å². The summed E-state index contributed by atoms with van der Waals surface area (Å²) in [4.78, 5) is 0. The van der Waals surface area contributed by atoms with E-state index in [0.717, 1.165) is 36.1 Å². The summed E-state index contributed by atoms with van der Waals surface area (Å²) in [6, 6.07) is 5.34. The van der Waals surface area contributed by atoms with Gasteiger partial charge in [-0.1, -0.05) is 32.1 Å². The summed E-state index contributed by atoms with van der Waals surface area (Å²) in [5.74, 6) is 0. The molecule has 0 fully saturated rings. The SMILES string of the molecule is CCC=C(CC)c1ccc(C(F)(F)F)cc1. The van der Waals surface area contributed by atoms with Gasteiger partial charge in [-0.15, -0.1) is 0 Å². The molecule has 1 rings (SSSR count). The quantitative estimate of drug-likeness (QED) is 0.689. The second kappa shape index (κ2) is 5.19. The van der Waals surface area contributed by atoms with Crippen molar-refractivity contribution in [3.8, 4) is 0 Å². The van der Waals surface area contributed by atoms with Gasteiger partial charge in [0, 0.05) is 0 Å². The summed E-state index contributed by atoms with van der Waals surface area (Å²) in [5, 5.41) is 0. The highest BCUT2D eigenvalue weighted by atomic mass is 19.4. The lowest BCUT2D eigenvalue weighted by Gasteiger charge is -2.09. The predicted molar refractivity (Wildman–Crippen MR) is 60.0 cm³/mol. The molecule has 0 saturated carbocycles. The summed E-state index contributed by atoms with van der Waals surface area (Å²) in [7, 11) is 0. The minimum Gasteiger partial charge on any atom is -0.166 e. The van der Waals surface area contributed by atoms with Crippen LogP contribution in [0, 0.1) is 0 Å². The van der Waals surface area contributed by atoms with Crippen molar-refractivity contribution < 1.29 is 13.2 Å². The number of hydrogen-bond donors (Lipinski definition) is 0. The second-order valence-corrected chi connectivity index (χ2v) is 3.57. The standard InChI is InChI=1S/C13H15F3/c1-3-5-10(4-2)11-6-8-12(9-7-11)13(14,15)16/h5-9H,3-4H2,1-2H3. The van der Waals surface area contributed by atoms with Crippen LogP contribution in [0.1, 0.15) is 37.8 Å². The fourth-order valence-electron chi connectivity index (χ4n) is 1.59. The average molecular weight is 228 g/mol. The molecule has 0 nitrogen and oxygen atoms in total. The van der Waals surface area contributed by atoms with Crippen LogP contribution in [-0.4, -0.2) is 0 Å². The van der Waals surface area contributed by atoms with Crippen molar-refractivity contribution in [2.24, 2.45) is 0 Å². The third kappa shape index (κ3) is 3.12. The average Bonchev–Trinajstić information content (AvgIpc) is 2.25. The first-order valence-corrected chi connectivity index (χ1v) is 5.35. The molecular formula is C13H15F3. The van der Waals surface area contributed by atoms with Crippen LogP contribution in [-0.2, 0) is 6.18 Å². The Morgan fingerprint density at radius 1 is 1.12 bits per heavy atom. The van der Waals surface area contributed by atoms with Crippen LogP contribution in [0.4, 0.5) is 13.2 Å². The smallest absolute Gasteiger partial charge is 0.166 e. The van der Waals surface area contributed by atoms with Crippen molar-refractivity contribution in [3.05, 3.63) is 41.5 Å². The number of allylic oxidation sites excluding steroid dienone is 2. The maximum Gasteiger partial charge on any atom is 0.416 e. The van der Waals surface area contributed by atoms with Crippen molar-refractivity contribution in [1.82, 2.24) is 0 Å². The normalized spacial score (nSPS) is 12.9. The van der Waals surface area contributed by atoms with Crippen LogP contribution in [0.5, 0.6) is 0 Å². The number of halogens is 3. The Kier molecular flexibility index (Phi) is 4.16. The van der Waals surface area contributed by atoms with Crippen LogP contribution in [0.25, 0.3) is 5.57 Å². The molecular weight excluding hydrogens is 213 g/mol. The lowest BCUT2D eigenvalue weighted by Crippen LogP contribution is -2.04. The van der Waals surface area contributed by atoms with Crippen LogP contribution in [0.15, 0.2) is 30.3 Å². The molecule has 0 unspecified atom stereocenters. The van der Waals surface area contributed by atoms with Gasteiger partial charge >= 0.3 is 6.18 Å². The van der Waals surface area contributed by atoms with E-state index in [4.69, 9.17) is 0 Å². The highest BCUT2D eigenvalue weighted by Crippen LogP contribution is 2.30. The minimum absolute atomic E-state index is 0.594. The predicted octanol–water partition coefficient (Wildman–Crippen LogP) is 4.91. The molecule has 0 spiro atoms. The fraction of sp³-hybridized carbons (Fsp3) is 0.385. The van der Waals surface area contributed by atoms with E-state index in [0.29, 0.717) is 0 Å². The van der Waals surface area contributed by atoms with E-state index >= 15 is 0 Å². The zero-order chi connectivity index (χ0) is 12.2. The van der Waals surface area contributed by atoms with Gasteiger partial charge in [0.05, 0.1) is 5.56 Å². The van der Waals surface area contributed by atoms with Crippen LogP contribution in [0.3, 0.4) is 0 Å². The first-order valence-electron chi connectivity index (χ1n) is 5.35. The Balaban J connectivity index is 2.99. The zero-order valence-corrected chi connectivity index (χ0v) is 9.43. The first kappa shape index (κ1) is 12.8. The maximum atomic E-state index is 12.3. The Hall–Kier alpha value is -1.25. The van der Waals surface area contributed by atoms with Crippen molar-refractivity contribution in [2.75, 3.05) is 0 Å². The lowest BCUT2D eigenvalue weighted by molar-refractivity contribution is -0.137. The van der Waals surface area contributed by atoms with E-state index in [2.05, 4.69) is 0 Å². The molecule has 0 aromatic heterocycles. The largest absolute Gasteiger partial charge is 0.416 e. The highest BCUT2D eigenvalue weighted by Gasteiger charge is 2.29. The number of hydrogen-bond acceptors (Lipinski definition) is 0. The van der Waals surface area contributed by atoms with Gasteiger partial charge in [-0.25, -0.2) is 0 Å². The minimum atomic E-state index is -4.25. The van der Waals surface area contributed by atoms with E-state index in [-0.39, 0.29) is 0 Å². The van der Waals surface area contributed by atoms with Gasteiger partial charge in [0.2, 0.25) is 0 Å². The summed E-state index contributed by atoms with van der Waals surface area (Å²) >= 11 is 0. The number of benzene rings is 1. The van der Waals surface area contributed by atoms with Gasteiger partial charge < -0.3 is 0 Å². The second-order valence-electron chi connectivity index (χ2n) is 3.57. The van der Waals surface area contributed by atoms with E-state index in [1.165, 1.54) is 12.1 Å². The fourth-order valence-corrected chi connectivity index (χ4v) is 1.59. The highest BCUT2D eigenvalue weighted by molar-refractivity contribution is 5.65. The Labute approximate surface area is 93.8 Å². The van der Waals surface area contributed by atoms with Crippen LogP contribution >= 0.6 is 0 Å². The van der Waals surface area contributed by atoms with E-state index < -0.39 is 11.7 Å². The molecule has 3 heteroatoms. The molecule has 0 aliphatic carbocycles. The van der Waals surface area contributed by atoms with Crippen LogP contribution < -0.4 is 0 Å². The van der Waals surface area contributed by atoms with Crippen molar-refractivity contribution in [1.29, 1.82) is 0 Å². The molecule has 0 saturated heterocycles. The summed E-state index contributed by atoms with van der Waals surface area (Å²) in [6.45, 7) is 4.01. The molecule has 0 aliphatic heterocycles. The van der Waals surface area contributed by atoms with Gasteiger partial charge in [-0.3, -0.25) is 0 Å². The molecule has 0 bridgehead atoms. The third-order valence-corrected chi connectivity index (χ3v) is 2.41. The lowest BCUT2D eigenvalue weighted by atomic mass is 10.0. The monoisotopic (exact) mass is 228 g/mol. The molecule has 0 N–H and O–H groups in total. The summed E-state index contributed by atoms with van der Waals surface area (Å²) in [5.41, 5.74) is 1.37. The molecule has 0 radical (unpaired) electrons. The van der Waals surface area contributed by atoms with Gasteiger partial charge in [-0.05, 0) is 36.1 Å². The van der Waals surface area contributed by atoms with Gasteiger partial charge in [0.15, 0.2) is 0 Å². The summed E-state index contributed by atoms with van der Waals surface area (Å²) < 4.78 is 37.0. The molecule has 1 aromatic rings. The van der Waals surface area contributed by atoms with Gasteiger partial charge in [-0.2, -0.15) is 13.2 Å². The third-order valence-electron chi connectivity index (χ3n) is 2.41. The molecule has 16 heavy (non-hydrogen) atoms. The van der Waals surface area contributed by atoms with Crippen molar-refractivity contribution in [2.45, 2.75) is 32.9 Å². The molecule has 0 atom stereocenters. The van der Waals surface area contributed by atoms with Crippen molar-refractivity contribution in [3.63, 3.8) is 0 Å². The topological polar surface area (TPSA) is 0 Å². The number of rotatable bonds is 3. The van der Waals surface area contributed by atoms with E-state index in [1.807, 2.05) is 19.9 Å². The molecule has 0 heterocycles. The zero-order valence-electron chi connectivity index (χ0n) is 9.43. The van der Waals surface area contributed by atoms with Gasteiger partial charge in [0.25, 0.3) is 0 Å². The molecule has 88 valence electrons. The number of alkyl halides is 3. The Bertz CT molecular complexity index is 358. The van der Waals surface area contributed by atoms with Crippen molar-refractivity contribution >= 4 is 5.57 Å². The van der Waals surface area contributed by atoms with E-state index in [9.17, 15) is 13.2 Å². The first-order chi connectivity index (χ1) is 7.49. The molecule has 0 amide bonds. The maximum absolute atomic E-state index is 12.3. The Morgan fingerprint density at radius 2 is 1.69 bits per heavy atom. The molecule has 0 aliphatic rings. The van der Waals surface area contributed by atoms with Gasteiger partial charge in [0.1, 0.15) is 0 Å².